The number of esters is 1. The summed E-state index contributed by atoms with van der Waals surface area (Å²) in [6, 6.07) is 8.69. The first-order valence-electron chi connectivity index (χ1n) is 4.34. The molecule has 1 atom stereocenters. The molecule has 0 amide bonds. The maximum atomic E-state index is 11.3. The van der Waals surface area contributed by atoms with Crippen molar-refractivity contribution in [3.63, 3.8) is 0 Å². The molecule has 0 saturated carbocycles. The van der Waals surface area contributed by atoms with Crippen molar-refractivity contribution in [2.24, 2.45) is 0 Å². The first-order chi connectivity index (χ1) is 7.22. The third kappa shape index (κ3) is 2.47. The van der Waals surface area contributed by atoms with E-state index in [4.69, 9.17) is 10.00 Å². The van der Waals surface area contributed by atoms with Gasteiger partial charge in [-0.1, -0.05) is 12.1 Å². The van der Waals surface area contributed by atoms with Gasteiger partial charge >= 0.3 is 5.97 Å². The van der Waals surface area contributed by atoms with E-state index in [0.717, 1.165) is 0 Å². The van der Waals surface area contributed by atoms with E-state index in [9.17, 15) is 4.79 Å². The van der Waals surface area contributed by atoms with Crippen LogP contribution in [0.25, 0.3) is 0 Å². The SMILES string of the molecule is COC(=O)C(C#N)c1cccc(OC)c1. The van der Waals surface area contributed by atoms with E-state index >= 15 is 0 Å². The van der Waals surface area contributed by atoms with Crippen LogP contribution < -0.4 is 4.74 Å². The zero-order chi connectivity index (χ0) is 11.3. The van der Waals surface area contributed by atoms with Crippen LogP contribution in [0.3, 0.4) is 0 Å². The molecule has 0 spiro atoms. The Morgan fingerprint density at radius 1 is 1.47 bits per heavy atom. The molecule has 1 rings (SSSR count). The normalized spacial score (nSPS) is 11.3. The molecule has 0 heterocycles. The Balaban J connectivity index is 3.03. The van der Waals surface area contributed by atoms with Crippen LogP contribution in [0.1, 0.15) is 11.5 Å². The molecule has 15 heavy (non-hydrogen) atoms. The van der Waals surface area contributed by atoms with Gasteiger partial charge < -0.3 is 9.47 Å². The van der Waals surface area contributed by atoms with E-state index in [0.29, 0.717) is 11.3 Å². The van der Waals surface area contributed by atoms with Gasteiger partial charge in [0.15, 0.2) is 5.92 Å². The topological polar surface area (TPSA) is 59.3 Å². The lowest BCUT2D eigenvalue weighted by Gasteiger charge is -2.08. The lowest BCUT2D eigenvalue weighted by molar-refractivity contribution is -0.140. The Kier molecular flexibility index (Phi) is 3.69. The van der Waals surface area contributed by atoms with Crippen LogP contribution in [0.15, 0.2) is 24.3 Å². The average molecular weight is 205 g/mol. The molecule has 1 aromatic carbocycles. The van der Waals surface area contributed by atoms with Gasteiger partial charge in [0.1, 0.15) is 5.75 Å². The van der Waals surface area contributed by atoms with Gasteiger partial charge in [-0.3, -0.25) is 4.79 Å². The second-order valence-corrected chi connectivity index (χ2v) is 2.86. The van der Waals surface area contributed by atoms with Crippen LogP contribution in [-0.4, -0.2) is 20.2 Å². The quantitative estimate of drug-likeness (QED) is 0.701. The van der Waals surface area contributed by atoms with Crippen LogP contribution in [0.2, 0.25) is 0 Å². The van der Waals surface area contributed by atoms with Gasteiger partial charge in [0.2, 0.25) is 0 Å². The summed E-state index contributed by atoms with van der Waals surface area (Å²) >= 11 is 0. The molecule has 0 saturated heterocycles. The molecule has 0 fully saturated rings. The van der Waals surface area contributed by atoms with E-state index in [1.165, 1.54) is 14.2 Å². The average Bonchev–Trinajstić information content (AvgIpc) is 2.30. The molecular formula is C11H11NO3. The highest BCUT2D eigenvalue weighted by molar-refractivity contribution is 5.81. The number of rotatable bonds is 3. The molecule has 0 aromatic heterocycles. The van der Waals surface area contributed by atoms with Gasteiger partial charge in [0.05, 0.1) is 20.3 Å². The molecule has 0 bridgehead atoms. The Labute approximate surface area is 88.0 Å². The Morgan fingerprint density at radius 3 is 2.73 bits per heavy atom. The summed E-state index contributed by atoms with van der Waals surface area (Å²) in [4.78, 5) is 11.3. The van der Waals surface area contributed by atoms with Crippen LogP contribution in [0, 0.1) is 11.3 Å². The zero-order valence-corrected chi connectivity index (χ0v) is 8.56. The van der Waals surface area contributed by atoms with E-state index in [1.807, 2.05) is 6.07 Å². The van der Waals surface area contributed by atoms with E-state index in [-0.39, 0.29) is 0 Å². The largest absolute Gasteiger partial charge is 0.497 e. The summed E-state index contributed by atoms with van der Waals surface area (Å²) in [7, 11) is 2.78. The minimum Gasteiger partial charge on any atom is -0.497 e. The van der Waals surface area contributed by atoms with Gasteiger partial charge in [0, 0.05) is 0 Å². The van der Waals surface area contributed by atoms with Crippen molar-refractivity contribution in [3.8, 4) is 11.8 Å². The number of benzene rings is 1. The van der Waals surface area contributed by atoms with Gasteiger partial charge in [-0.05, 0) is 17.7 Å². The van der Waals surface area contributed by atoms with Crippen molar-refractivity contribution in [2.75, 3.05) is 14.2 Å². The number of carbonyl (C=O) groups is 1. The lowest BCUT2D eigenvalue weighted by Crippen LogP contribution is -2.12. The van der Waals surface area contributed by atoms with Crippen molar-refractivity contribution in [1.29, 1.82) is 5.26 Å². The predicted molar refractivity (Wildman–Crippen MR) is 53.4 cm³/mol. The smallest absolute Gasteiger partial charge is 0.327 e. The third-order valence-corrected chi connectivity index (χ3v) is 1.99. The van der Waals surface area contributed by atoms with Crippen molar-refractivity contribution >= 4 is 5.97 Å². The molecule has 0 N–H and O–H groups in total. The Morgan fingerprint density at radius 2 is 2.20 bits per heavy atom. The summed E-state index contributed by atoms with van der Waals surface area (Å²) in [5.41, 5.74) is 0.573. The van der Waals surface area contributed by atoms with Gasteiger partial charge in [-0.25, -0.2) is 0 Å². The molecule has 0 aliphatic rings. The highest BCUT2D eigenvalue weighted by Gasteiger charge is 2.20. The molecule has 4 nitrogen and oxygen atoms in total. The van der Waals surface area contributed by atoms with Crippen molar-refractivity contribution in [1.82, 2.24) is 0 Å². The maximum Gasteiger partial charge on any atom is 0.327 e. The third-order valence-electron chi connectivity index (χ3n) is 1.99. The second kappa shape index (κ2) is 5.01. The second-order valence-electron chi connectivity index (χ2n) is 2.86. The Bertz CT molecular complexity index is 395. The lowest BCUT2D eigenvalue weighted by atomic mass is 10.0. The molecular weight excluding hydrogens is 194 g/mol. The highest BCUT2D eigenvalue weighted by Crippen LogP contribution is 2.21. The fourth-order valence-corrected chi connectivity index (χ4v) is 1.20. The van der Waals surface area contributed by atoms with Crippen LogP contribution >= 0.6 is 0 Å². The summed E-state index contributed by atoms with van der Waals surface area (Å²) in [5.74, 6) is -0.854. The number of hydrogen-bond acceptors (Lipinski definition) is 4. The van der Waals surface area contributed by atoms with Crippen LogP contribution in [0.4, 0.5) is 0 Å². The first kappa shape index (κ1) is 11.1. The number of methoxy groups -OCH3 is 2. The number of carbonyl (C=O) groups excluding carboxylic acids is 1. The van der Waals surface area contributed by atoms with Crippen molar-refractivity contribution in [3.05, 3.63) is 29.8 Å². The van der Waals surface area contributed by atoms with Gasteiger partial charge in [0.25, 0.3) is 0 Å². The first-order valence-corrected chi connectivity index (χ1v) is 4.34. The number of ether oxygens (including phenoxy) is 2. The molecule has 1 unspecified atom stereocenters. The summed E-state index contributed by atoms with van der Waals surface area (Å²) in [6.45, 7) is 0. The minimum atomic E-state index is -0.898. The van der Waals surface area contributed by atoms with E-state index in [1.54, 1.807) is 24.3 Å². The number of nitriles is 1. The fourth-order valence-electron chi connectivity index (χ4n) is 1.20. The number of nitrogens with zero attached hydrogens (tertiary/aromatic N) is 1. The van der Waals surface area contributed by atoms with E-state index < -0.39 is 11.9 Å². The maximum absolute atomic E-state index is 11.3. The van der Waals surface area contributed by atoms with Crippen LogP contribution in [0.5, 0.6) is 5.75 Å². The predicted octanol–water partition coefficient (Wildman–Crippen LogP) is 1.48. The molecule has 78 valence electrons. The highest BCUT2D eigenvalue weighted by atomic mass is 16.5. The molecule has 1 aromatic rings. The monoisotopic (exact) mass is 205 g/mol. The summed E-state index contributed by atoms with van der Waals surface area (Å²) in [5, 5.41) is 8.85. The summed E-state index contributed by atoms with van der Waals surface area (Å²) in [6.07, 6.45) is 0. The number of hydrogen-bond donors (Lipinski definition) is 0. The zero-order valence-electron chi connectivity index (χ0n) is 8.56. The summed E-state index contributed by atoms with van der Waals surface area (Å²) < 4.78 is 9.53. The molecule has 0 aliphatic carbocycles. The molecule has 4 heteroatoms. The van der Waals surface area contributed by atoms with Crippen molar-refractivity contribution < 1.29 is 14.3 Å². The fraction of sp³-hybridized carbons (Fsp3) is 0.273. The molecule has 0 aliphatic heterocycles. The van der Waals surface area contributed by atoms with Crippen LogP contribution in [-0.2, 0) is 9.53 Å². The van der Waals surface area contributed by atoms with Gasteiger partial charge in [-0.2, -0.15) is 5.26 Å². The van der Waals surface area contributed by atoms with Gasteiger partial charge in [-0.15, -0.1) is 0 Å². The standard InChI is InChI=1S/C11H11NO3/c1-14-9-5-3-4-8(6-9)10(7-12)11(13)15-2/h3-6,10H,1-2H3. The minimum absolute atomic E-state index is 0.564. The van der Waals surface area contributed by atoms with Crippen molar-refractivity contribution in [2.45, 2.75) is 5.92 Å². The molecule has 0 radical (unpaired) electrons. The van der Waals surface area contributed by atoms with E-state index in [2.05, 4.69) is 4.74 Å². The Hall–Kier alpha value is -2.02.